The summed E-state index contributed by atoms with van der Waals surface area (Å²) in [6.45, 7) is 4.96. The number of esters is 1. The lowest BCUT2D eigenvalue weighted by Gasteiger charge is -2.21. The molecule has 2 nitrogen and oxygen atoms in total. The number of ether oxygens (including phenoxy) is 1. The van der Waals surface area contributed by atoms with Crippen LogP contribution < -0.4 is 0 Å². The predicted octanol–water partition coefficient (Wildman–Crippen LogP) is 5.42. The van der Waals surface area contributed by atoms with E-state index in [-0.39, 0.29) is 5.97 Å². The average Bonchev–Trinajstić information content (AvgIpc) is 2.47. The van der Waals surface area contributed by atoms with Crippen LogP contribution in [0.5, 0.6) is 0 Å². The summed E-state index contributed by atoms with van der Waals surface area (Å²) in [5.74, 6) is 0.867. The van der Waals surface area contributed by atoms with Crippen LogP contribution in [0.15, 0.2) is 11.6 Å². The maximum Gasteiger partial charge on any atom is 0.306 e. The van der Waals surface area contributed by atoms with Gasteiger partial charge in [-0.25, -0.2) is 0 Å². The molecule has 1 unspecified atom stereocenters. The molecule has 0 saturated heterocycles. The smallest absolute Gasteiger partial charge is 0.306 e. The third kappa shape index (κ3) is 7.72. The van der Waals surface area contributed by atoms with Crippen molar-refractivity contribution in [2.24, 2.45) is 5.92 Å². The molecular weight excluding hydrogens is 248 g/mol. The van der Waals surface area contributed by atoms with E-state index in [1.807, 2.05) is 0 Å². The van der Waals surface area contributed by atoms with E-state index in [0.29, 0.717) is 13.0 Å². The lowest BCUT2D eigenvalue weighted by Crippen LogP contribution is -2.09. The van der Waals surface area contributed by atoms with Crippen LogP contribution in [-0.4, -0.2) is 12.6 Å². The van der Waals surface area contributed by atoms with E-state index in [2.05, 4.69) is 19.9 Å². The minimum atomic E-state index is -0.0237. The second-order valence-electron chi connectivity index (χ2n) is 6.07. The molecule has 0 N–H and O–H groups in total. The fourth-order valence-corrected chi connectivity index (χ4v) is 2.78. The van der Waals surface area contributed by atoms with Crippen LogP contribution in [0, 0.1) is 5.92 Å². The van der Waals surface area contributed by atoms with Crippen molar-refractivity contribution in [3.05, 3.63) is 11.6 Å². The summed E-state index contributed by atoms with van der Waals surface area (Å²) in [5.41, 5.74) is 1.48. The SMILES string of the molecule is CCCCCC1CC=C(CCC(=O)OCCCC)CC1. The van der Waals surface area contributed by atoms with Crippen LogP contribution in [0.1, 0.15) is 84.5 Å². The van der Waals surface area contributed by atoms with Crippen LogP contribution >= 0.6 is 0 Å². The zero-order valence-electron chi connectivity index (χ0n) is 13.5. The quantitative estimate of drug-likeness (QED) is 0.303. The number of hydrogen-bond donors (Lipinski definition) is 0. The van der Waals surface area contributed by atoms with E-state index in [1.54, 1.807) is 0 Å². The molecule has 20 heavy (non-hydrogen) atoms. The Kier molecular flexibility index (Phi) is 9.44. The van der Waals surface area contributed by atoms with Gasteiger partial charge in [0.25, 0.3) is 0 Å². The molecule has 0 aromatic carbocycles. The molecule has 0 fully saturated rings. The molecule has 1 aliphatic rings. The van der Waals surface area contributed by atoms with Gasteiger partial charge >= 0.3 is 5.97 Å². The molecule has 0 aromatic heterocycles. The molecule has 1 atom stereocenters. The first-order valence-electron chi connectivity index (χ1n) is 8.59. The highest BCUT2D eigenvalue weighted by atomic mass is 16.5. The third-order valence-corrected chi connectivity index (χ3v) is 4.24. The largest absolute Gasteiger partial charge is 0.466 e. The highest BCUT2D eigenvalue weighted by molar-refractivity contribution is 5.69. The number of carbonyl (C=O) groups is 1. The van der Waals surface area contributed by atoms with E-state index in [4.69, 9.17) is 4.74 Å². The van der Waals surface area contributed by atoms with Gasteiger partial charge in [-0.15, -0.1) is 0 Å². The monoisotopic (exact) mass is 280 g/mol. The van der Waals surface area contributed by atoms with Gasteiger partial charge < -0.3 is 4.74 Å². The van der Waals surface area contributed by atoms with Gasteiger partial charge in [0.1, 0.15) is 0 Å². The van der Waals surface area contributed by atoms with E-state index in [9.17, 15) is 4.79 Å². The molecule has 0 saturated carbocycles. The standard InChI is InChI=1S/C18H32O2/c1-3-5-7-8-16-9-11-17(12-10-16)13-14-18(19)20-15-6-4-2/h11,16H,3-10,12-15H2,1-2H3. The first-order chi connectivity index (χ1) is 9.76. The van der Waals surface area contributed by atoms with Crippen LogP contribution in [0.3, 0.4) is 0 Å². The molecule has 0 amide bonds. The highest BCUT2D eigenvalue weighted by Crippen LogP contribution is 2.29. The molecule has 0 bridgehead atoms. The van der Waals surface area contributed by atoms with Gasteiger partial charge in [-0.3, -0.25) is 4.79 Å². The Labute approximate surface area is 125 Å². The van der Waals surface area contributed by atoms with Crippen molar-refractivity contribution in [1.29, 1.82) is 0 Å². The van der Waals surface area contributed by atoms with Crippen molar-refractivity contribution in [3.8, 4) is 0 Å². The normalized spacial score (nSPS) is 18.7. The maximum atomic E-state index is 11.5. The Morgan fingerprint density at radius 3 is 2.70 bits per heavy atom. The zero-order chi connectivity index (χ0) is 14.6. The van der Waals surface area contributed by atoms with Gasteiger partial charge in [-0.1, -0.05) is 57.6 Å². The number of rotatable bonds is 10. The summed E-state index contributed by atoms with van der Waals surface area (Å²) in [4.78, 5) is 11.5. The minimum Gasteiger partial charge on any atom is -0.466 e. The van der Waals surface area contributed by atoms with Gasteiger partial charge in [0.15, 0.2) is 0 Å². The zero-order valence-corrected chi connectivity index (χ0v) is 13.5. The number of allylic oxidation sites excluding steroid dienone is 2. The second-order valence-corrected chi connectivity index (χ2v) is 6.07. The maximum absolute atomic E-state index is 11.5. The van der Waals surface area contributed by atoms with E-state index >= 15 is 0 Å². The molecule has 0 spiro atoms. The topological polar surface area (TPSA) is 26.3 Å². The van der Waals surface area contributed by atoms with Crippen LogP contribution in [0.25, 0.3) is 0 Å². The summed E-state index contributed by atoms with van der Waals surface area (Å²) in [7, 11) is 0. The Hall–Kier alpha value is -0.790. The fraction of sp³-hybridized carbons (Fsp3) is 0.833. The lowest BCUT2D eigenvalue weighted by atomic mass is 9.85. The highest BCUT2D eigenvalue weighted by Gasteiger charge is 2.15. The Morgan fingerprint density at radius 1 is 1.25 bits per heavy atom. The van der Waals surface area contributed by atoms with Gasteiger partial charge in [0.2, 0.25) is 0 Å². The van der Waals surface area contributed by atoms with Crippen LogP contribution in [0.2, 0.25) is 0 Å². The van der Waals surface area contributed by atoms with E-state index in [1.165, 1.54) is 50.5 Å². The fourth-order valence-electron chi connectivity index (χ4n) is 2.78. The first kappa shape index (κ1) is 17.3. The molecule has 2 heteroatoms. The molecular formula is C18H32O2. The van der Waals surface area contributed by atoms with E-state index < -0.39 is 0 Å². The van der Waals surface area contributed by atoms with Gasteiger partial charge in [0.05, 0.1) is 6.61 Å². The number of unbranched alkanes of at least 4 members (excludes halogenated alkanes) is 3. The van der Waals surface area contributed by atoms with Crippen molar-refractivity contribution >= 4 is 5.97 Å². The first-order valence-corrected chi connectivity index (χ1v) is 8.59. The van der Waals surface area contributed by atoms with Gasteiger partial charge in [-0.2, -0.15) is 0 Å². The van der Waals surface area contributed by atoms with Crippen molar-refractivity contribution in [2.75, 3.05) is 6.61 Å². The van der Waals surface area contributed by atoms with Crippen LogP contribution in [0.4, 0.5) is 0 Å². The minimum absolute atomic E-state index is 0.0237. The number of carbonyl (C=O) groups excluding carboxylic acids is 1. The van der Waals surface area contributed by atoms with Crippen molar-refractivity contribution in [3.63, 3.8) is 0 Å². The molecule has 0 aliphatic heterocycles. The second kappa shape index (κ2) is 10.9. The van der Waals surface area contributed by atoms with Crippen molar-refractivity contribution < 1.29 is 9.53 Å². The predicted molar refractivity (Wildman–Crippen MR) is 84.7 cm³/mol. The Bertz CT molecular complexity index is 294. The molecule has 0 radical (unpaired) electrons. The molecule has 1 aliphatic carbocycles. The van der Waals surface area contributed by atoms with Gasteiger partial charge in [0, 0.05) is 6.42 Å². The summed E-state index contributed by atoms with van der Waals surface area (Å²) < 4.78 is 5.19. The summed E-state index contributed by atoms with van der Waals surface area (Å²) in [6.07, 6.45) is 15.1. The van der Waals surface area contributed by atoms with Crippen LogP contribution in [-0.2, 0) is 9.53 Å². The van der Waals surface area contributed by atoms with E-state index in [0.717, 1.165) is 25.2 Å². The third-order valence-electron chi connectivity index (χ3n) is 4.24. The Morgan fingerprint density at radius 2 is 2.05 bits per heavy atom. The lowest BCUT2D eigenvalue weighted by molar-refractivity contribution is -0.143. The Balaban J connectivity index is 2.12. The average molecular weight is 280 g/mol. The molecule has 0 heterocycles. The van der Waals surface area contributed by atoms with Gasteiger partial charge in [-0.05, 0) is 38.0 Å². The molecule has 1 rings (SSSR count). The molecule has 116 valence electrons. The van der Waals surface area contributed by atoms with Crippen molar-refractivity contribution in [1.82, 2.24) is 0 Å². The van der Waals surface area contributed by atoms with Crippen molar-refractivity contribution in [2.45, 2.75) is 84.5 Å². The number of hydrogen-bond acceptors (Lipinski definition) is 2. The summed E-state index contributed by atoms with van der Waals surface area (Å²) in [5, 5.41) is 0. The molecule has 0 aromatic rings. The summed E-state index contributed by atoms with van der Waals surface area (Å²) >= 11 is 0. The summed E-state index contributed by atoms with van der Waals surface area (Å²) in [6, 6.07) is 0.